The predicted molar refractivity (Wildman–Crippen MR) is 130 cm³/mol. The molecule has 0 fully saturated rings. The summed E-state index contributed by atoms with van der Waals surface area (Å²) in [5.74, 6) is 1.08. The summed E-state index contributed by atoms with van der Waals surface area (Å²) in [4.78, 5) is 21.5. The van der Waals surface area contributed by atoms with Crippen LogP contribution in [-0.2, 0) is 0 Å². The Kier molecular flexibility index (Phi) is 6.12. The fraction of sp³-hybridized carbons (Fsp3) is 0.115. The molecule has 0 spiro atoms. The monoisotopic (exact) mass is 423 g/mol. The van der Waals surface area contributed by atoms with Crippen molar-refractivity contribution in [3.05, 3.63) is 101 Å². The van der Waals surface area contributed by atoms with E-state index in [0.29, 0.717) is 17.3 Å². The standard InChI is InChI=1S/C26H25N5O/c1-17-9-10-20(15-18(17)2)25(32)29-22-11-13-23(14-12-22)30-26-27-19(3)16-24(31-26)28-21-7-5-4-6-8-21/h4-16H,1-3H3,(H,29,32)(H2,27,28,30,31). The van der Waals surface area contributed by atoms with Crippen molar-refractivity contribution in [2.24, 2.45) is 0 Å². The highest BCUT2D eigenvalue weighted by Crippen LogP contribution is 2.21. The number of aromatic nitrogens is 2. The van der Waals surface area contributed by atoms with Crippen molar-refractivity contribution in [2.75, 3.05) is 16.0 Å². The van der Waals surface area contributed by atoms with E-state index < -0.39 is 0 Å². The molecule has 1 aromatic heterocycles. The van der Waals surface area contributed by atoms with Crippen molar-refractivity contribution in [1.82, 2.24) is 9.97 Å². The molecule has 4 rings (SSSR count). The first kappa shape index (κ1) is 21.1. The van der Waals surface area contributed by atoms with Crippen LogP contribution in [0.15, 0.2) is 78.9 Å². The lowest BCUT2D eigenvalue weighted by Gasteiger charge is -2.11. The Morgan fingerprint density at radius 2 is 1.38 bits per heavy atom. The number of nitrogens with one attached hydrogen (secondary N) is 3. The second-order valence-electron chi connectivity index (χ2n) is 7.66. The Balaban J connectivity index is 1.43. The van der Waals surface area contributed by atoms with E-state index in [1.54, 1.807) is 0 Å². The number of aryl methyl sites for hydroxylation is 3. The van der Waals surface area contributed by atoms with Crippen molar-refractivity contribution in [1.29, 1.82) is 0 Å². The number of hydrogen-bond acceptors (Lipinski definition) is 5. The van der Waals surface area contributed by atoms with Crippen LogP contribution in [0, 0.1) is 20.8 Å². The summed E-state index contributed by atoms with van der Waals surface area (Å²) < 4.78 is 0. The summed E-state index contributed by atoms with van der Waals surface area (Å²) in [6.45, 7) is 5.95. The molecule has 160 valence electrons. The molecule has 3 N–H and O–H groups in total. The second-order valence-corrected chi connectivity index (χ2v) is 7.66. The molecule has 6 heteroatoms. The topological polar surface area (TPSA) is 78.9 Å². The van der Waals surface area contributed by atoms with Crippen LogP contribution in [0.3, 0.4) is 0 Å². The second kappa shape index (κ2) is 9.31. The number of benzene rings is 3. The molecule has 4 aromatic rings. The highest BCUT2D eigenvalue weighted by molar-refractivity contribution is 6.04. The van der Waals surface area contributed by atoms with Gasteiger partial charge >= 0.3 is 0 Å². The molecule has 0 aliphatic rings. The number of hydrogen-bond donors (Lipinski definition) is 3. The maximum atomic E-state index is 12.5. The van der Waals surface area contributed by atoms with Gasteiger partial charge in [-0.1, -0.05) is 24.3 Å². The van der Waals surface area contributed by atoms with Gasteiger partial charge in [-0.3, -0.25) is 4.79 Å². The van der Waals surface area contributed by atoms with E-state index in [1.165, 1.54) is 0 Å². The normalized spacial score (nSPS) is 10.5. The zero-order chi connectivity index (χ0) is 22.5. The highest BCUT2D eigenvalue weighted by Gasteiger charge is 2.08. The third kappa shape index (κ3) is 5.29. The third-order valence-corrected chi connectivity index (χ3v) is 5.07. The first-order valence-corrected chi connectivity index (χ1v) is 10.4. The largest absolute Gasteiger partial charge is 0.340 e. The number of para-hydroxylation sites is 1. The number of amides is 1. The minimum Gasteiger partial charge on any atom is -0.340 e. The van der Waals surface area contributed by atoms with Gasteiger partial charge < -0.3 is 16.0 Å². The van der Waals surface area contributed by atoms with Gasteiger partial charge in [0.05, 0.1) is 0 Å². The number of rotatable bonds is 6. The van der Waals surface area contributed by atoms with E-state index in [0.717, 1.165) is 33.9 Å². The molecule has 0 aliphatic carbocycles. The van der Waals surface area contributed by atoms with Crippen LogP contribution in [0.4, 0.5) is 28.8 Å². The molecule has 0 bridgehead atoms. The zero-order valence-electron chi connectivity index (χ0n) is 18.3. The molecule has 0 aliphatic heterocycles. The Morgan fingerprint density at radius 3 is 2.09 bits per heavy atom. The van der Waals surface area contributed by atoms with Crippen LogP contribution in [-0.4, -0.2) is 15.9 Å². The van der Waals surface area contributed by atoms with E-state index in [-0.39, 0.29) is 5.91 Å². The van der Waals surface area contributed by atoms with Gasteiger partial charge in [-0.25, -0.2) is 4.98 Å². The number of nitrogens with zero attached hydrogens (tertiary/aromatic N) is 2. The minimum atomic E-state index is -0.132. The van der Waals surface area contributed by atoms with Crippen LogP contribution < -0.4 is 16.0 Å². The van der Waals surface area contributed by atoms with Gasteiger partial charge in [0.15, 0.2) is 0 Å². The molecule has 0 saturated carbocycles. The van der Waals surface area contributed by atoms with Crippen LogP contribution in [0.5, 0.6) is 0 Å². The molecule has 0 saturated heterocycles. The molecule has 32 heavy (non-hydrogen) atoms. The quantitative estimate of drug-likeness (QED) is 0.347. The number of carbonyl (C=O) groups is 1. The maximum absolute atomic E-state index is 12.5. The molecule has 3 aromatic carbocycles. The Bertz CT molecular complexity index is 1240. The lowest BCUT2D eigenvalue weighted by atomic mass is 10.1. The Morgan fingerprint density at radius 1 is 0.688 bits per heavy atom. The molecule has 1 heterocycles. The van der Waals surface area contributed by atoms with Crippen molar-refractivity contribution in [2.45, 2.75) is 20.8 Å². The lowest BCUT2D eigenvalue weighted by molar-refractivity contribution is 0.102. The predicted octanol–water partition coefficient (Wildman–Crippen LogP) is 6.14. The van der Waals surface area contributed by atoms with Gasteiger partial charge in [0.1, 0.15) is 5.82 Å². The Hall–Kier alpha value is -4.19. The minimum absolute atomic E-state index is 0.132. The van der Waals surface area contributed by atoms with Gasteiger partial charge in [0.25, 0.3) is 5.91 Å². The molecule has 6 nitrogen and oxygen atoms in total. The first-order valence-electron chi connectivity index (χ1n) is 10.4. The van der Waals surface area contributed by atoms with Gasteiger partial charge in [-0.15, -0.1) is 0 Å². The smallest absolute Gasteiger partial charge is 0.255 e. The summed E-state index contributed by atoms with van der Waals surface area (Å²) in [6, 6.07) is 24.9. The first-order chi connectivity index (χ1) is 15.5. The number of carbonyl (C=O) groups excluding carboxylic acids is 1. The van der Waals surface area contributed by atoms with Crippen molar-refractivity contribution >= 4 is 34.7 Å². The summed E-state index contributed by atoms with van der Waals surface area (Å²) >= 11 is 0. The van der Waals surface area contributed by atoms with Gasteiger partial charge in [0, 0.05) is 34.4 Å². The maximum Gasteiger partial charge on any atom is 0.255 e. The number of anilines is 5. The van der Waals surface area contributed by atoms with Crippen LogP contribution >= 0.6 is 0 Å². The van der Waals surface area contributed by atoms with Crippen LogP contribution in [0.25, 0.3) is 0 Å². The van der Waals surface area contributed by atoms with Gasteiger partial charge in [-0.05, 0) is 80.4 Å². The fourth-order valence-corrected chi connectivity index (χ4v) is 3.21. The SMILES string of the molecule is Cc1cc(Nc2ccccc2)nc(Nc2ccc(NC(=O)c3ccc(C)c(C)c3)cc2)n1. The average Bonchev–Trinajstić information content (AvgIpc) is 2.77. The summed E-state index contributed by atoms with van der Waals surface area (Å²) in [7, 11) is 0. The molecule has 0 unspecified atom stereocenters. The molecular formula is C26H25N5O. The Labute approximate surface area is 187 Å². The summed E-state index contributed by atoms with van der Waals surface area (Å²) in [5.41, 5.74) is 6.25. The van der Waals surface area contributed by atoms with Crippen LogP contribution in [0.1, 0.15) is 27.2 Å². The lowest BCUT2D eigenvalue weighted by Crippen LogP contribution is -2.12. The van der Waals surface area contributed by atoms with E-state index in [9.17, 15) is 4.79 Å². The van der Waals surface area contributed by atoms with E-state index in [4.69, 9.17) is 0 Å². The summed E-state index contributed by atoms with van der Waals surface area (Å²) in [6.07, 6.45) is 0. The van der Waals surface area contributed by atoms with E-state index in [1.807, 2.05) is 99.6 Å². The zero-order valence-corrected chi connectivity index (χ0v) is 18.3. The molecule has 0 radical (unpaired) electrons. The van der Waals surface area contributed by atoms with Crippen molar-refractivity contribution in [3.8, 4) is 0 Å². The molecule has 0 atom stereocenters. The van der Waals surface area contributed by atoms with Gasteiger partial charge in [0.2, 0.25) is 5.95 Å². The average molecular weight is 424 g/mol. The highest BCUT2D eigenvalue weighted by atomic mass is 16.1. The van der Waals surface area contributed by atoms with Crippen molar-refractivity contribution < 1.29 is 4.79 Å². The summed E-state index contributed by atoms with van der Waals surface area (Å²) in [5, 5.41) is 9.44. The third-order valence-electron chi connectivity index (χ3n) is 5.07. The van der Waals surface area contributed by atoms with Crippen LogP contribution in [0.2, 0.25) is 0 Å². The van der Waals surface area contributed by atoms with E-state index in [2.05, 4.69) is 25.9 Å². The molecule has 1 amide bonds. The molecular weight excluding hydrogens is 398 g/mol. The fourth-order valence-electron chi connectivity index (χ4n) is 3.21. The van der Waals surface area contributed by atoms with E-state index >= 15 is 0 Å². The van der Waals surface area contributed by atoms with Crippen molar-refractivity contribution in [3.63, 3.8) is 0 Å². The van der Waals surface area contributed by atoms with Gasteiger partial charge in [-0.2, -0.15) is 4.98 Å².